The number of likely N-dealkylation sites (tertiary alicyclic amines) is 1. The van der Waals surface area contributed by atoms with Crippen LogP contribution in [0.5, 0.6) is 0 Å². The summed E-state index contributed by atoms with van der Waals surface area (Å²) in [6.07, 6.45) is 2.60. The van der Waals surface area contributed by atoms with Gasteiger partial charge in [-0.05, 0) is 31.4 Å². The molecule has 0 aromatic carbocycles. The maximum atomic E-state index is 12.7. The lowest BCUT2D eigenvalue weighted by molar-refractivity contribution is 0.0563. The maximum absolute atomic E-state index is 12.7. The van der Waals surface area contributed by atoms with Crippen LogP contribution in [0.25, 0.3) is 0 Å². The molecule has 22 heavy (non-hydrogen) atoms. The molecule has 0 unspecified atom stereocenters. The van der Waals surface area contributed by atoms with Gasteiger partial charge in [-0.2, -0.15) is 0 Å². The predicted octanol–water partition coefficient (Wildman–Crippen LogP) is 2.01. The highest BCUT2D eigenvalue weighted by molar-refractivity contribution is 5.93. The van der Waals surface area contributed by atoms with Gasteiger partial charge >= 0.3 is 0 Å². The fourth-order valence-corrected chi connectivity index (χ4v) is 3.80. The fourth-order valence-electron chi connectivity index (χ4n) is 3.80. The van der Waals surface area contributed by atoms with Crippen molar-refractivity contribution < 1.29 is 9.21 Å². The Hall–Kier alpha value is -2.30. The van der Waals surface area contributed by atoms with E-state index in [1.54, 1.807) is 12.3 Å². The number of rotatable bonds is 1. The molecule has 2 aliphatic rings. The zero-order valence-corrected chi connectivity index (χ0v) is 12.5. The number of nitrogens with zero attached hydrogens (tertiary/aromatic N) is 2. The van der Waals surface area contributed by atoms with Crippen LogP contribution in [0.3, 0.4) is 0 Å². The van der Waals surface area contributed by atoms with Gasteiger partial charge in [-0.15, -0.1) is 0 Å². The van der Waals surface area contributed by atoms with Crippen LogP contribution in [-0.2, 0) is 6.54 Å². The topological polar surface area (TPSA) is 55.5 Å². The summed E-state index contributed by atoms with van der Waals surface area (Å²) in [5, 5.41) is 0. The first kappa shape index (κ1) is 13.4. The van der Waals surface area contributed by atoms with E-state index in [1.165, 1.54) is 0 Å². The number of piperidine rings is 1. The monoisotopic (exact) mass is 298 g/mol. The number of hydrogen-bond donors (Lipinski definition) is 0. The van der Waals surface area contributed by atoms with E-state index in [1.807, 2.05) is 34.6 Å². The van der Waals surface area contributed by atoms with Crippen molar-refractivity contribution in [1.82, 2.24) is 9.47 Å². The Kier molecular flexibility index (Phi) is 2.96. The van der Waals surface area contributed by atoms with Gasteiger partial charge in [0.25, 0.3) is 11.5 Å². The summed E-state index contributed by atoms with van der Waals surface area (Å²) in [5.41, 5.74) is 1.99. The smallest absolute Gasteiger partial charge is 0.289 e. The van der Waals surface area contributed by atoms with Gasteiger partial charge in [-0.25, -0.2) is 0 Å². The molecule has 0 radical (unpaired) electrons. The molecular weight excluding hydrogens is 280 g/mol. The van der Waals surface area contributed by atoms with E-state index in [0.29, 0.717) is 31.3 Å². The molecule has 5 heteroatoms. The second-order valence-corrected chi connectivity index (χ2v) is 6.34. The molecule has 4 rings (SSSR count). The Bertz CT molecular complexity index is 789. The number of carbonyl (C=O) groups excluding carboxylic acids is 1. The fraction of sp³-hybridized carbons (Fsp3) is 0.412. The lowest BCUT2D eigenvalue weighted by atomic mass is 9.83. The number of fused-ring (bicyclic) bond motifs is 4. The van der Waals surface area contributed by atoms with Crippen molar-refractivity contribution in [2.45, 2.75) is 25.8 Å². The molecule has 1 amide bonds. The van der Waals surface area contributed by atoms with E-state index in [2.05, 4.69) is 0 Å². The highest BCUT2D eigenvalue weighted by Gasteiger charge is 2.37. The third-order valence-electron chi connectivity index (χ3n) is 4.82. The van der Waals surface area contributed by atoms with Crippen molar-refractivity contribution in [3.05, 3.63) is 57.9 Å². The molecule has 4 heterocycles. The van der Waals surface area contributed by atoms with Crippen LogP contribution in [0.4, 0.5) is 0 Å². The number of furan rings is 1. The van der Waals surface area contributed by atoms with E-state index in [9.17, 15) is 9.59 Å². The van der Waals surface area contributed by atoms with Gasteiger partial charge < -0.3 is 13.9 Å². The summed E-state index contributed by atoms with van der Waals surface area (Å²) in [4.78, 5) is 26.5. The second-order valence-electron chi connectivity index (χ2n) is 6.34. The first-order valence-electron chi connectivity index (χ1n) is 7.66. The minimum Gasteiger partial charge on any atom is -0.459 e. The Morgan fingerprint density at radius 3 is 2.86 bits per heavy atom. The van der Waals surface area contributed by atoms with Crippen LogP contribution in [-0.4, -0.2) is 28.5 Å². The Morgan fingerprint density at radius 1 is 1.23 bits per heavy atom. The highest BCUT2D eigenvalue weighted by atomic mass is 16.3. The minimum atomic E-state index is -0.0380. The second kappa shape index (κ2) is 4.87. The number of aromatic nitrogens is 1. The van der Waals surface area contributed by atoms with Crippen LogP contribution in [0.2, 0.25) is 0 Å². The summed E-state index contributed by atoms with van der Waals surface area (Å²) in [6.45, 7) is 3.93. The Balaban J connectivity index is 1.65. The minimum absolute atomic E-state index is 0.0380. The van der Waals surface area contributed by atoms with Gasteiger partial charge in [0.15, 0.2) is 5.76 Å². The van der Waals surface area contributed by atoms with Gasteiger partial charge in [0, 0.05) is 42.9 Å². The third-order valence-corrected chi connectivity index (χ3v) is 4.82. The lowest BCUT2D eigenvalue weighted by Gasteiger charge is -2.42. The molecular formula is C17H18N2O3. The molecule has 2 aliphatic heterocycles. The van der Waals surface area contributed by atoms with Crippen LogP contribution < -0.4 is 5.56 Å². The summed E-state index contributed by atoms with van der Waals surface area (Å²) in [5.74, 6) is 0.973. The number of carbonyl (C=O) groups is 1. The number of pyridine rings is 1. The Morgan fingerprint density at radius 2 is 2.09 bits per heavy atom. The van der Waals surface area contributed by atoms with E-state index in [-0.39, 0.29) is 17.4 Å². The summed E-state index contributed by atoms with van der Waals surface area (Å²) in [7, 11) is 0. The standard InChI is InChI=1S/C17H18N2O3/c1-11-5-6-22-16(11)17(21)18-8-12-7-13(10-18)14-3-2-4-15(20)19(14)9-12/h2-6,12-13H,7-10H2,1H3/t12-,13+/m1/s1. The molecule has 2 aromatic rings. The van der Waals surface area contributed by atoms with Gasteiger partial charge in [0.1, 0.15) is 0 Å². The molecule has 2 aromatic heterocycles. The van der Waals surface area contributed by atoms with Crippen LogP contribution >= 0.6 is 0 Å². The molecule has 2 atom stereocenters. The lowest BCUT2D eigenvalue weighted by Crippen LogP contribution is -2.49. The average Bonchev–Trinajstić information content (AvgIpc) is 2.93. The molecule has 1 fully saturated rings. The van der Waals surface area contributed by atoms with Crippen molar-refractivity contribution >= 4 is 5.91 Å². The molecule has 0 aliphatic carbocycles. The van der Waals surface area contributed by atoms with Crippen molar-refractivity contribution in [3.63, 3.8) is 0 Å². The van der Waals surface area contributed by atoms with Crippen LogP contribution in [0.15, 0.2) is 39.7 Å². The highest BCUT2D eigenvalue weighted by Crippen LogP contribution is 2.35. The summed E-state index contributed by atoms with van der Waals surface area (Å²) in [6, 6.07) is 7.24. The van der Waals surface area contributed by atoms with E-state index in [0.717, 1.165) is 17.7 Å². The first-order chi connectivity index (χ1) is 10.6. The molecule has 1 saturated heterocycles. The summed E-state index contributed by atoms with van der Waals surface area (Å²) >= 11 is 0. The largest absolute Gasteiger partial charge is 0.459 e. The zero-order chi connectivity index (χ0) is 15.3. The molecule has 5 nitrogen and oxygen atoms in total. The predicted molar refractivity (Wildman–Crippen MR) is 80.9 cm³/mol. The van der Waals surface area contributed by atoms with Crippen LogP contribution in [0, 0.1) is 12.8 Å². The quantitative estimate of drug-likeness (QED) is 0.809. The maximum Gasteiger partial charge on any atom is 0.289 e. The van der Waals surface area contributed by atoms with Gasteiger partial charge in [0.2, 0.25) is 0 Å². The SMILES string of the molecule is Cc1ccoc1C(=O)N1C[C@H]2C[C@@H](C1)c1cccc(=O)n1C2. The number of aryl methyl sites for hydroxylation is 1. The van der Waals surface area contributed by atoms with E-state index < -0.39 is 0 Å². The average molecular weight is 298 g/mol. The Labute approximate surface area is 128 Å². The first-order valence-corrected chi connectivity index (χ1v) is 7.66. The van der Waals surface area contributed by atoms with Gasteiger partial charge in [-0.3, -0.25) is 9.59 Å². The van der Waals surface area contributed by atoms with Crippen molar-refractivity contribution in [3.8, 4) is 0 Å². The summed E-state index contributed by atoms with van der Waals surface area (Å²) < 4.78 is 7.22. The third kappa shape index (κ3) is 2.00. The molecule has 0 N–H and O–H groups in total. The molecule has 2 bridgehead atoms. The van der Waals surface area contributed by atoms with Crippen molar-refractivity contribution in [2.24, 2.45) is 5.92 Å². The number of hydrogen-bond acceptors (Lipinski definition) is 3. The number of amides is 1. The van der Waals surface area contributed by atoms with Gasteiger partial charge in [-0.1, -0.05) is 6.07 Å². The van der Waals surface area contributed by atoms with Gasteiger partial charge in [0.05, 0.1) is 6.26 Å². The van der Waals surface area contributed by atoms with E-state index in [4.69, 9.17) is 4.42 Å². The molecule has 0 spiro atoms. The van der Waals surface area contributed by atoms with Crippen molar-refractivity contribution in [2.75, 3.05) is 13.1 Å². The van der Waals surface area contributed by atoms with E-state index >= 15 is 0 Å². The zero-order valence-electron chi connectivity index (χ0n) is 12.5. The molecule has 0 saturated carbocycles. The normalized spacial score (nSPS) is 23.2. The van der Waals surface area contributed by atoms with Crippen LogP contribution in [0.1, 0.15) is 34.2 Å². The molecule has 114 valence electrons. The van der Waals surface area contributed by atoms with Crippen molar-refractivity contribution in [1.29, 1.82) is 0 Å².